The molecule has 0 bridgehead atoms. The van der Waals surface area contributed by atoms with Crippen LogP contribution in [-0.4, -0.2) is 37.7 Å². The fraction of sp³-hybridized carbons (Fsp3) is 0.294. The van der Waals surface area contributed by atoms with Crippen LogP contribution in [-0.2, 0) is 25.7 Å². The lowest BCUT2D eigenvalue weighted by atomic mass is 9.69. The van der Waals surface area contributed by atoms with Gasteiger partial charge in [0.25, 0.3) is 0 Å². The number of Topliss-reactive ketones (excluding diaryl/α,β-unsaturated/α-hetero) is 1. The van der Waals surface area contributed by atoms with E-state index < -0.39 is 23.8 Å². The van der Waals surface area contributed by atoms with E-state index in [9.17, 15) is 14.4 Å². The van der Waals surface area contributed by atoms with E-state index in [4.69, 9.17) is 23.9 Å². The van der Waals surface area contributed by atoms with Gasteiger partial charge in [-0.3, -0.25) is 19.4 Å². The predicted octanol–water partition coefficient (Wildman–Crippen LogP) is 5.95. The van der Waals surface area contributed by atoms with Gasteiger partial charge in [0.1, 0.15) is 18.3 Å². The molecule has 1 aliphatic heterocycles. The number of esters is 2. The molecule has 8 nitrogen and oxygen atoms in total. The van der Waals surface area contributed by atoms with Crippen LogP contribution in [0.2, 0.25) is 0 Å². The van der Waals surface area contributed by atoms with E-state index in [0.717, 1.165) is 16.9 Å². The summed E-state index contributed by atoms with van der Waals surface area (Å²) < 4.78 is 21.9. The number of ether oxygens (including phenoxy) is 4. The van der Waals surface area contributed by atoms with Crippen LogP contribution in [0.5, 0.6) is 17.2 Å². The number of hydrogen-bond acceptors (Lipinski definition) is 8. The Morgan fingerprint density at radius 2 is 1.60 bits per heavy atom. The Morgan fingerprint density at radius 3 is 2.26 bits per heavy atom. The fourth-order valence-corrected chi connectivity index (χ4v) is 5.77. The molecule has 0 aromatic heterocycles. The lowest BCUT2D eigenvalue weighted by Gasteiger charge is -2.36. The summed E-state index contributed by atoms with van der Waals surface area (Å²) in [6, 6.07) is 22.2. The van der Waals surface area contributed by atoms with Gasteiger partial charge in [-0.05, 0) is 60.2 Å². The van der Waals surface area contributed by atoms with Gasteiger partial charge in [0.15, 0.2) is 17.3 Å². The van der Waals surface area contributed by atoms with E-state index in [2.05, 4.69) is 0 Å². The highest BCUT2D eigenvalue weighted by atomic mass is 16.6. The van der Waals surface area contributed by atoms with Crippen molar-refractivity contribution >= 4 is 23.4 Å². The summed E-state index contributed by atoms with van der Waals surface area (Å²) in [5, 5.41) is 0. The number of nitrogens with zero attached hydrogens (tertiary/aromatic N) is 1. The van der Waals surface area contributed by atoms with E-state index in [1.54, 1.807) is 32.2 Å². The predicted molar refractivity (Wildman–Crippen MR) is 157 cm³/mol. The topological polar surface area (TPSA) is 100 Å². The maximum Gasteiger partial charge on any atom is 0.315 e. The van der Waals surface area contributed by atoms with Crippen LogP contribution >= 0.6 is 0 Å². The van der Waals surface area contributed by atoms with Crippen molar-refractivity contribution in [2.75, 3.05) is 14.2 Å². The Morgan fingerprint density at radius 1 is 0.881 bits per heavy atom. The van der Waals surface area contributed by atoms with Crippen molar-refractivity contribution in [3.8, 4) is 17.2 Å². The molecule has 0 N–H and O–H groups in total. The number of methoxy groups -OCH3 is 2. The third-order valence-corrected chi connectivity index (χ3v) is 7.75. The Bertz CT molecular complexity index is 1560. The zero-order chi connectivity index (χ0) is 29.8. The first-order chi connectivity index (χ1) is 20.3. The molecule has 0 amide bonds. The van der Waals surface area contributed by atoms with Crippen molar-refractivity contribution in [1.82, 2.24) is 0 Å². The van der Waals surface area contributed by atoms with Crippen molar-refractivity contribution in [3.05, 3.63) is 101 Å². The number of rotatable bonds is 8. The van der Waals surface area contributed by atoms with Gasteiger partial charge in [-0.1, -0.05) is 48.5 Å². The molecular weight excluding hydrogens is 534 g/mol. The van der Waals surface area contributed by atoms with Crippen molar-refractivity contribution in [3.63, 3.8) is 0 Å². The second-order valence-corrected chi connectivity index (χ2v) is 10.5. The Labute approximate surface area is 245 Å². The molecule has 42 heavy (non-hydrogen) atoms. The van der Waals surface area contributed by atoms with Crippen molar-refractivity contribution in [2.24, 2.45) is 10.9 Å². The Balaban J connectivity index is 1.54. The second-order valence-electron chi connectivity index (χ2n) is 10.5. The molecule has 0 saturated carbocycles. The molecular formula is C34H33NO7. The summed E-state index contributed by atoms with van der Waals surface area (Å²) in [5.41, 5.74) is 4.30. The average Bonchev–Trinajstić information content (AvgIpc) is 2.99. The number of carbonyl (C=O) groups is 3. The van der Waals surface area contributed by atoms with E-state index in [1.807, 2.05) is 54.6 Å². The van der Waals surface area contributed by atoms with Crippen molar-refractivity contribution in [1.29, 1.82) is 0 Å². The maximum absolute atomic E-state index is 13.9. The van der Waals surface area contributed by atoms with Crippen molar-refractivity contribution < 1.29 is 33.3 Å². The van der Waals surface area contributed by atoms with Crippen LogP contribution in [0.1, 0.15) is 55.2 Å². The van der Waals surface area contributed by atoms with Crippen LogP contribution in [0.15, 0.2) is 89.1 Å². The van der Waals surface area contributed by atoms with Crippen LogP contribution in [0.4, 0.5) is 0 Å². The molecule has 1 heterocycles. The maximum atomic E-state index is 13.9. The molecule has 3 atom stereocenters. The zero-order valence-electron chi connectivity index (χ0n) is 24.1. The lowest BCUT2D eigenvalue weighted by Crippen LogP contribution is -2.38. The van der Waals surface area contributed by atoms with Crippen LogP contribution in [0, 0.1) is 5.92 Å². The summed E-state index contributed by atoms with van der Waals surface area (Å²) in [6.07, 6.45) is 0.834. The average molecular weight is 568 g/mol. The third kappa shape index (κ3) is 5.98. The first-order valence-electron chi connectivity index (χ1n) is 13.8. The minimum Gasteiger partial charge on any atom is -0.497 e. The summed E-state index contributed by atoms with van der Waals surface area (Å²) in [4.78, 5) is 44.1. The number of ketones is 1. The number of benzene rings is 3. The molecule has 3 aromatic rings. The zero-order valence-corrected chi connectivity index (χ0v) is 24.1. The summed E-state index contributed by atoms with van der Waals surface area (Å²) in [7, 11) is 3.09. The Kier molecular flexibility index (Phi) is 8.52. The standard InChI is InChI=1S/C34H33NO7/c1-20-31(34(38)41-19-22-8-6-5-7-9-22)32(24-12-15-29(42-21(2)36)30(18-24)40-4)33-27(35-20)16-25(17-28(33)37)23-10-13-26(39-3)14-11-23/h5-15,18,25,31-32H,16-17,19H2,1-4H3/t25-,31?,32+/m1/s1. The van der Waals surface area contributed by atoms with Crippen LogP contribution in [0.3, 0.4) is 0 Å². The SMILES string of the molecule is COc1ccc([C@H]2CC(=O)C3=C(C2)N=C(C)C(C(=O)OCc2ccccc2)[C@@H]3c2ccc(OC(C)=O)c(OC)c2)cc1. The van der Waals surface area contributed by atoms with Gasteiger partial charge in [0.2, 0.25) is 0 Å². The monoisotopic (exact) mass is 567 g/mol. The number of hydrogen-bond donors (Lipinski definition) is 0. The fourth-order valence-electron chi connectivity index (χ4n) is 5.77. The highest BCUT2D eigenvalue weighted by Crippen LogP contribution is 2.48. The van der Waals surface area contributed by atoms with E-state index in [-0.39, 0.29) is 30.5 Å². The van der Waals surface area contributed by atoms with E-state index in [0.29, 0.717) is 34.7 Å². The molecule has 5 rings (SSSR count). The second kappa shape index (κ2) is 12.4. The number of aliphatic imine (C=N–C) groups is 1. The highest BCUT2D eigenvalue weighted by molar-refractivity contribution is 6.09. The quantitative estimate of drug-likeness (QED) is 0.245. The number of carbonyl (C=O) groups excluding carboxylic acids is 3. The molecule has 216 valence electrons. The minimum absolute atomic E-state index is 0.0539. The third-order valence-electron chi connectivity index (χ3n) is 7.75. The normalized spacial score (nSPS) is 19.9. The summed E-state index contributed by atoms with van der Waals surface area (Å²) in [5.74, 6) is -1.23. The van der Waals surface area contributed by atoms with E-state index >= 15 is 0 Å². The first-order valence-corrected chi connectivity index (χ1v) is 13.8. The van der Waals surface area contributed by atoms with Gasteiger partial charge >= 0.3 is 11.9 Å². The van der Waals surface area contributed by atoms with Gasteiger partial charge in [-0.25, -0.2) is 0 Å². The molecule has 0 saturated heterocycles. The van der Waals surface area contributed by atoms with Crippen molar-refractivity contribution in [2.45, 2.75) is 45.1 Å². The molecule has 2 aliphatic rings. The van der Waals surface area contributed by atoms with E-state index in [1.165, 1.54) is 14.0 Å². The molecule has 0 fully saturated rings. The summed E-state index contributed by atoms with van der Waals surface area (Å²) >= 11 is 0. The molecule has 0 spiro atoms. The van der Waals surface area contributed by atoms with Crippen LogP contribution < -0.4 is 14.2 Å². The Hall–Kier alpha value is -4.72. The lowest BCUT2D eigenvalue weighted by molar-refractivity contribution is -0.148. The molecule has 3 aromatic carbocycles. The molecule has 8 heteroatoms. The molecule has 1 aliphatic carbocycles. The molecule has 0 radical (unpaired) electrons. The summed E-state index contributed by atoms with van der Waals surface area (Å²) in [6.45, 7) is 3.21. The van der Waals surface area contributed by atoms with Crippen LogP contribution in [0.25, 0.3) is 0 Å². The van der Waals surface area contributed by atoms with Gasteiger partial charge in [-0.15, -0.1) is 0 Å². The molecule has 1 unspecified atom stereocenters. The highest BCUT2D eigenvalue weighted by Gasteiger charge is 2.45. The number of allylic oxidation sites excluding steroid dienone is 2. The van der Waals surface area contributed by atoms with Gasteiger partial charge in [0, 0.05) is 36.2 Å². The smallest absolute Gasteiger partial charge is 0.315 e. The first kappa shape index (κ1) is 28.8. The van der Waals surface area contributed by atoms with Gasteiger partial charge < -0.3 is 18.9 Å². The van der Waals surface area contributed by atoms with Gasteiger partial charge in [0.05, 0.1) is 14.2 Å². The minimum atomic E-state index is -0.821. The largest absolute Gasteiger partial charge is 0.497 e. The van der Waals surface area contributed by atoms with Gasteiger partial charge in [-0.2, -0.15) is 0 Å².